The van der Waals surface area contributed by atoms with E-state index in [2.05, 4.69) is 30.1 Å². The maximum absolute atomic E-state index is 11.5. The van der Waals surface area contributed by atoms with Crippen molar-refractivity contribution >= 4 is 5.78 Å². The minimum absolute atomic E-state index is 0.365. The highest BCUT2D eigenvalue weighted by Gasteiger charge is 2.26. The molecule has 2 nitrogen and oxygen atoms in total. The zero-order valence-corrected chi connectivity index (χ0v) is 11.1. The largest absolute Gasteiger partial charge is 0.300 e. The second kappa shape index (κ2) is 4.96. The molecule has 1 atom stereocenters. The van der Waals surface area contributed by atoms with Crippen molar-refractivity contribution in [1.29, 1.82) is 0 Å². The molecule has 0 aliphatic heterocycles. The van der Waals surface area contributed by atoms with Gasteiger partial charge in [-0.15, -0.1) is 0 Å². The molecule has 0 spiro atoms. The minimum Gasteiger partial charge on any atom is -0.300 e. The van der Waals surface area contributed by atoms with Gasteiger partial charge >= 0.3 is 0 Å². The summed E-state index contributed by atoms with van der Waals surface area (Å²) < 4.78 is 0. The summed E-state index contributed by atoms with van der Waals surface area (Å²) in [5.74, 6) is 0.753. The van der Waals surface area contributed by atoms with Crippen LogP contribution in [-0.2, 0) is 4.79 Å². The molecule has 1 unspecified atom stereocenters. The number of pyridine rings is 1. The van der Waals surface area contributed by atoms with E-state index in [9.17, 15) is 4.79 Å². The van der Waals surface area contributed by atoms with Crippen LogP contribution in [0.1, 0.15) is 36.3 Å². The van der Waals surface area contributed by atoms with Crippen molar-refractivity contribution in [2.24, 2.45) is 0 Å². The normalized spacial score (nSPS) is 18.8. The number of nitrogens with zero attached hydrogens (tertiary/aromatic N) is 1. The van der Waals surface area contributed by atoms with Crippen molar-refractivity contribution in [3.05, 3.63) is 53.7 Å². The van der Waals surface area contributed by atoms with Gasteiger partial charge in [-0.1, -0.05) is 29.8 Å². The highest BCUT2D eigenvalue weighted by atomic mass is 16.1. The minimum atomic E-state index is 0.365. The van der Waals surface area contributed by atoms with E-state index in [0.29, 0.717) is 18.1 Å². The van der Waals surface area contributed by atoms with Gasteiger partial charge in [0.05, 0.1) is 5.69 Å². The van der Waals surface area contributed by atoms with Crippen LogP contribution in [0.5, 0.6) is 0 Å². The third-order valence-corrected chi connectivity index (χ3v) is 3.83. The van der Waals surface area contributed by atoms with E-state index < -0.39 is 0 Å². The fourth-order valence-electron chi connectivity index (χ4n) is 2.85. The molecule has 0 radical (unpaired) electrons. The Morgan fingerprint density at radius 2 is 2.11 bits per heavy atom. The van der Waals surface area contributed by atoms with Crippen molar-refractivity contribution in [1.82, 2.24) is 4.98 Å². The number of ketones is 1. The van der Waals surface area contributed by atoms with E-state index in [1.165, 1.54) is 16.7 Å². The first kappa shape index (κ1) is 12.1. The Kier molecular flexibility index (Phi) is 3.16. The predicted molar refractivity (Wildman–Crippen MR) is 76.0 cm³/mol. The van der Waals surface area contributed by atoms with Gasteiger partial charge in [0.2, 0.25) is 0 Å². The van der Waals surface area contributed by atoms with Crippen LogP contribution in [-0.4, -0.2) is 10.8 Å². The number of carbonyl (C=O) groups excluding carboxylic acids is 1. The number of aromatic nitrogens is 1. The molecule has 2 heteroatoms. The summed E-state index contributed by atoms with van der Waals surface area (Å²) in [6, 6.07) is 12.4. The molecule has 2 aromatic rings. The molecule has 1 saturated carbocycles. The first-order chi connectivity index (χ1) is 9.24. The Hall–Kier alpha value is -1.96. The van der Waals surface area contributed by atoms with Crippen LogP contribution >= 0.6 is 0 Å². The second-order valence-corrected chi connectivity index (χ2v) is 5.28. The first-order valence-corrected chi connectivity index (χ1v) is 6.77. The Balaban J connectivity index is 2.07. The van der Waals surface area contributed by atoms with Crippen LogP contribution in [0.25, 0.3) is 11.3 Å². The molecular formula is C17H17NO. The van der Waals surface area contributed by atoms with E-state index in [0.717, 1.165) is 18.5 Å². The quantitative estimate of drug-likeness (QED) is 0.810. The molecule has 0 amide bonds. The molecule has 1 fully saturated rings. The summed E-state index contributed by atoms with van der Waals surface area (Å²) in [6.07, 6.45) is 4.20. The molecule has 1 aliphatic carbocycles. The molecule has 1 aromatic heterocycles. The SMILES string of the molecule is Cc1ccc(-c2ccccn2)c(C2CCC(=O)C2)c1. The number of carbonyl (C=O) groups is 1. The number of aryl methyl sites for hydroxylation is 1. The fraction of sp³-hybridized carbons (Fsp3) is 0.294. The maximum Gasteiger partial charge on any atom is 0.133 e. The topological polar surface area (TPSA) is 30.0 Å². The fourth-order valence-corrected chi connectivity index (χ4v) is 2.85. The molecule has 96 valence electrons. The number of hydrogen-bond acceptors (Lipinski definition) is 2. The molecule has 3 rings (SSSR count). The highest BCUT2D eigenvalue weighted by molar-refractivity contribution is 5.82. The monoisotopic (exact) mass is 251 g/mol. The summed E-state index contributed by atoms with van der Waals surface area (Å²) >= 11 is 0. The van der Waals surface area contributed by atoms with E-state index in [-0.39, 0.29) is 0 Å². The molecular weight excluding hydrogens is 234 g/mol. The van der Waals surface area contributed by atoms with Gasteiger partial charge in [-0.2, -0.15) is 0 Å². The summed E-state index contributed by atoms with van der Waals surface area (Å²) in [6.45, 7) is 2.10. The lowest BCUT2D eigenvalue weighted by Crippen LogP contribution is -1.99. The molecule has 1 aliphatic rings. The zero-order valence-electron chi connectivity index (χ0n) is 11.1. The summed E-state index contributed by atoms with van der Waals surface area (Å²) in [7, 11) is 0. The molecule has 0 N–H and O–H groups in total. The van der Waals surface area contributed by atoms with Gasteiger partial charge in [-0.25, -0.2) is 0 Å². The predicted octanol–water partition coefficient (Wildman–Crippen LogP) is 3.89. The van der Waals surface area contributed by atoms with Gasteiger partial charge in [-0.05, 0) is 37.0 Å². The van der Waals surface area contributed by atoms with Crippen LogP contribution in [0.15, 0.2) is 42.6 Å². The lowest BCUT2D eigenvalue weighted by atomic mass is 9.90. The van der Waals surface area contributed by atoms with E-state index in [1.54, 1.807) is 0 Å². The zero-order chi connectivity index (χ0) is 13.2. The standard InChI is InChI=1S/C17H17NO/c1-12-5-8-15(17-4-2-3-9-18-17)16(10-12)13-6-7-14(19)11-13/h2-5,8-10,13H,6-7,11H2,1H3. The van der Waals surface area contributed by atoms with Crippen molar-refractivity contribution in [3.8, 4) is 11.3 Å². The third kappa shape index (κ3) is 2.43. The molecule has 0 bridgehead atoms. The Bertz CT molecular complexity index is 604. The van der Waals surface area contributed by atoms with Crippen LogP contribution < -0.4 is 0 Å². The van der Waals surface area contributed by atoms with Crippen molar-refractivity contribution < 1.29 is 4.79 Å². The van der Waals surface area contributed by atoms with Crippen molar-refractivity contribution in [2.75, 3.05) is 0 Å². The van der Waals surface area contributed by atoms with Crippen LogP contribution in [0.4, 0.5) is 0 Å². The molecule has 1 heterocycles. The van der Waals surface area contributed by atoms with Crippen molar-refractivity contribution in [2.45, 2.75) is 32.1 Å². The summed E-state index contributed by atoms with van der Waals surface area (Å²) in [4.78, 5) is 16.0. The van der Waals surface area contributed by atoms with Gasteiger partial charge in [0, 0.05) is 24.6 Å². The van der Waals surface area contributed by atoms with E-state index >= 15 is 0 Å². The lowest BCUT2D eigenvalue weighted by Gasteiger charge is -2.15. The van der Waals surface area contributed by atoms with Gasteiger partial charge in [0.1, 0.15) is 5.78 Å². The Morgan fingerprint density at radius 1 is 1.21 bits per heavy atom. The smallest absolute Gasteiger partial charge is 0.133 e. The van der Waals surface area contributed by atoms with Gasteiger partial charge in [0.25, 0.3) is 0 Å². The Morgan fingerprint density at radius 3 is 2.79 bits per heavy atom. The molecule has 0 saturated heterocycles. The number of benzene rings is 1. The van der Waals surface area contributed by atoms with Gasteiger partial charge < -0.3 is 0 Å². The van der Waals surface area contributed by atoms with E-state index in [4.69, 9.17) is 0 Å². The number of hydrogen-bond donors (Lipinski definition) is 0. The van der Waals surface area contributed by atoms with Crippen LogP contribution in [0.3, 0.4) is 0 Å². The lowest BCUT2D eigenvalue weighted by molar-refractivity contribution is -0.117. The summed E-state index contributed by atoms with van der Waals surface area (Å²) in [5.41, 5.74) is 4.70. The van der Waals surface area contributed by atoms with Gasteiger partial charge in [-0.3, -0.25) is 9.78 Å². The highest BCUT2D eigenvalue weighted by Crippen LogP contribution is 2.37. The second-order valence-electron chi connectivity index (χ2n) is 5.28. The molecule has 19 heavy (non-hydrogen) atoms. The summed E-state index contributed by atoms with van der Waals surface area (Å²) in [5, 5.41) is 0. The van der Waals surface area contributed by atoms with Crippen LogP contribution in [0, 0.1) is 6.92 Å². The van der Waals surface area contributed by atoms with Crippen LogP contribution in [0.2, 0.25) is 0 Å². The number of rotatable bonds is 2. The van der Waals surface area contributed by atoms with E-state index in [1.807, 2.05) is 24.4 Å². The first-order valence-electron chi connectivity index (χ1n) is 6.77. The Labute approximate surface area is 113 Å². The third-order valence-electron chi connectivity index (χ3n) is 3.83. The van der Waals surface area contributed by atoms with Gasteiger partial charge in [0.15, 0.2) is 0 Å². The maximum atomic E-state index is 11.5. The average Bonchev–Trinajstić information content (AvgIpc) is 2.86. The molecule has 1 aromatic carbocycles. The average molecular weight is 251 g/mol. The number of Topliss-reactive ketones (excluding diaryl/α,β-unsaturated/α-hetero) is 1. The van der Waals surface area contributed by atoms with Crippen molar-refractivity contribution in [3.63, 3.8) is 0 Å².